The van der Waals surface area contributed by atoms with Gasteiger partial charge in [-0.1, -0.05) is 24.3 Å². The molecule has 3 rings (SSSR count). The van der Waals surface area contributed by atoms with E-state index in [1.807, 2.05) is 0 Å². The molecule has 1 aromatic rings. The van der Waals surface area contributed by atoms with Crippen LogP contribution in [0.3, 0.4) is 0 Å². The maximum atomic E-state index is 12.7. The van der Waals surface area contributed by atoms with Crippen LogP contribution in [0.15, 0.2) is 24.3 Å². The molecule has 20 heavy (non-hydrogen) atoms. The van der Waals surface area contributed by atoms with Gasteiger partial charge in [-0.25, -0.2) is 0 Å². The summed E-state index contributed by atoms with van der Waals surface area (Å²) in [5.74, 6) is 1.15. The predicted molar refractivity (Wildman–Crippen MR) is 80.3 cm³/mol. The number of amides is 1. The van der Waals surface area contributed by atoms with Crippen molar-refractivity contribution < 1.29 is 4.79 Å². The van der Waals surface area contributed by atoms with E-state index < -0.39 is 0 Å². The Bertz CT molecular complexity index is 459. The minimum absolute atomic E-state index is 0.170. The molecule has 0 aromatic heterocycles. The number of nitrogens with zero attached hydrogens (tertiary/aromatic N) is 1. The molecule has 1 saturated heterocycles. The van der Waals surface area contributed by atoms with Gasteiger partial charge in [0.2, 0.25) is 5.91 Å². The fraction of sp³-hybridized carbons (Fsp3) is 0.588. The van der Waals surface area contributed by atoms with Gasteiger partial charge in [0.15, 0.2) is 0 Å². The standard InChI is InChI=1S/C17H24N2O/c18-8-7-13-4-3-9-19(12-13)17(20)16-10-14-5-1-2-6-15(14)11-16/h1-2,5-6,13,16H,3-4,7-12,18H2. The lowest BCUT2D eigenvalue weighted by Crippen LogP contribution is -2.43. The fourth-order valence-electron chi connectivity index (χ4n) is 3.73. The zero-order valence-corrected chi connectivity index (χ0v) is 12.1. The highest BCUT2D eigenvalue weighted by Gasteiger charge is 2.32. The Kier molecular flexibility index (Phi) is 4.06. The van der Waals surface area contributed by atoms with Crippen molar-refractivity contribution >= 4 is 5.91 Å². The molecule has 1 aliphatic carbocycles. The summed E-state index contributed by atoms with van der Waals surface area (Å²) >= 11 is 0. The van der Waals surface area contributed by atoms with Crippen molar-refractivity contribution in [3.05, 3.63) is 35.4 Å². The Hall–Kier alpha value is -1.35. The molecule has 3 nitrogen and oxygen atoms in total. The molecule has 1 unspecified atom stereocenters. The van der Waals surface area contributed by atoms with Crippen molar-refractivity contribution in [3.63, 3.8) is 0 Å². The zero-order valence-electron chi connectivity index (χ0n) is 12.1. The predicted octanol–water partition coefficient (Wildman–Crippen LogP) is 1.99. The van der Waals surface area contributed by atoms with Gasteiger partial charge in [0.1, 0.15) is 0 Å². The second kappa shape index (κ2) is 5.96. The van der Waals surface area contributed by atoms with Crippen LogP contribution in [0.5, 0.6) is 0 Å². The Morgan fingerprint density at radius 2 is 1.95 bits per heavy atom. The molecule has 0 radical (unpaired) electrons. The van der Waals surface area contributed by atoms with E-state index in [0.29, 0.717) is 11.8 Å². The second-order valence-electron chi connectivity index (χ2n) is 6.24. The number of carbonyl (C=O) groups excluding carboxylic acids is 1. The molecule has 2 aliphatic rings. The Morgan fingerprint density at radius 3 is 2.60 bits per heavy atom. The van der Waals surface area contributed by atoms with E-state index >= 15 is 0 Å². The third kappa shape index (κ3) is 2.73. The van der Waals surface area contributed by atoms with Crippen LogP contribution in [-0.2, 0) is 17.6 Å². The summed E-state index contributed by atoms with van der Waals surface area (Å²) in [5.41, 5.74) is 8.38. The van der Waals surface area contributed by atoms with Crippen LogP contribution in [0, 0.1) is 11.8 Å². The van der Waals surface area contributed by atoms with Crippen molar-refractivity contribution in [2.24, 2.45) is 17.6 Å². The van der Waals surface area contributed by atoms with E-state index in [2.05, 4.69) is 29.2 Å². The summed E-state index contributed by atoms with van der Waals surface area (Å²) in [5, 5.41) is 0. The zero-order chi connectivity index (χ0) is 13.9. The first-order valence-electron chi connectivity index (χ1n) is 7.83. The van der Waals surface area contributed by atoms with Crippen LogP contribution < -0.4 is 5.73 Å². The lowest BCUT2D eigenvalue weighted by Gasteiger charge is -2.34. The SMILES string of the molecule is NCCC1CCCN(C(=O)C2Cc3ccccc3C2)C1. The second-order valence-corrected chi connectivity index (χ2v) is 6.24. The normalized spacial score (nSPS) is 22.9. The van der Waals surface area contributed by atoms with E-state index in [9.17, 15) is 4.79 Å². The molecular weight excluding hydrogens is 248 g/mol. The molecule has 0 spiro atoms. The summed E-state index contributed by atoms with van der Waals surface area (Å²) < 4.78 is 0. The number of fused-ring (bicyclic) bond motifs is 1. The van der Waals surface area contributed by atoms with Crippen LogP contribution in [0.1, 0.15) is 30.4 Å². The van der Waals surface area contributed by atoms with E-state index in [1.54, 1.807) is 0 Å². The van der Waals surface area contributed by atoms with Crippen LogP contribution in [0.2, 0.25) is 0 Å². The van der Waals surface area contributed by atoms with Crippen LogP contribution in [0.25, 0.3) is 0 Å². The fourth-order valence-corrected chi connectivity index (χ4v) is 3.73. The van der Waals surface area contributed by atoms with Gasteiger partial charge in [0.05, 0.1) is 0 Å². The summed E-state index contributed by atoms with van der Waals surface area (Å²) in [4.78, 5) is 14.8. The molecule has 3 heteroatoms. The first-order valence-corrected chi connectivity index (χ1v) is 7.83. The van der Waals surface area contributed by atoms with Crippen molar-refractivity contribution in [1.82, 2.24) is 4.90 Å². The van der Waals surface area contributed by atoms with Gasteiger partial charge in [0, 0.05) is 19.0 Å². The third-order valence-electron chi connectivity index (χ3n) is 4.81. The molecule has 1 atom stereocenters. The Morgan fingerprint density at radius 1 is 1.25 bits per heavy atom. The lowest BCUT2D eigenvalue weighted by molar-refractivity contribution is -0.137. The lowest BCUT2D eigenvalue weighted by atomic mass is 9.93. The van der Waals surface area contributed by atoms with Crippen molar-refractivity contribution in [2.75, 3.05) is 19.6 Å². The molecule has 1 amide bonds. The van der Waals surface area contributed by atoms with Gasteiger partial charge in [-0.2, -0.15) is 0 Å². The highest BCUT2D eigenvalue weighted by Crippen LogP contribution is 2.29. The van der Waals surface area contributed by atoms with Crippen molar-refractivity contribution in [3.8, 4) is 0 Å². The minimum atomic E-state index is 0.170. The number of likely N-dealkylation sites (tertiary alicyclic amines) is 1. The first-order chi connectivity index (χ1) is 9.78. The van der Waals surface area contributed by atoms with Crippen molar-refractivity contribution in [1.29, 1.82) is 0 Å². The highest BCUT2D eigenvalue weighted by molar-refractivity contribution is 5.80. The molecule has 1 aliphatic heterocycles. The molecular formula is C17H24N2O. The third-order valence-corrected chi connectivity index (χ3v) is 4.81. The average Bonchev–Trinajstić information content (AvgIpc) is 2.91. The number of rotatable bonds is 3. The first kappa shape index (κ1) is 13.6. The highest BCUT2D eigenvalue weighted by atomic mass is 16.2. The maximum absolute atomic E-state index is 12.7. The Labute approximate surface area is 121 Å². The number of benzene rings is 1. The summed E-state index contributed by atoms with van der Waals surface area (Å²) in [6, 6.07) is 8.47. The van der Waals surface area contributed by atoms with Gasteiger partial charge < -0.3 is 10.6 Å². The molecule has 1 aromatic carbocycles. The van der Waals surface area contributed by atoms with E-state index in [-0.39, 0.29) is 5.92 Å². The van der Waals surface area contributed by atoms with E-state index in [1.165, 1.54) is 17.5 Å². The number of nitrogens with two attached hydrogens (primary N) is 1. The number of hydrogen-bond acceptors (Lipinski definition) is 2. The van der Waals surface area contributed by atoms with Gasteiger partial charge in [-0.15, -0.1) is 0 Å². The van der Waals surface area contributed by atoms with Crippen LogP contribution >= 0.6 is 0 Å². The van der Waals surface area contributed by atoms with E-state index in [0.717, 1.165) is 45.3 Å². The van der Waals surface area contributed by atoms with Crippen LogP contribution in [-0.4, -0.2) is 30.4 Å². The largest absolute Gasteiger partial charge is 0.342 e. The Balaban J connectivity index is 1.63. The molecule has 0 bridgehead atoms. The van der Waals surface area contributed by atoms with E-state index in [4.69, 9.17) is 5.73 Å². The quantitative estimate of drug-likeness (QED) is 0.914. The monoisotopic (exact) mass is 272 g/mol. The number of hydrogen-bond donors (Lipinski definition) is 1. The molecule has 0 saturated carbocycles. The van der Waals surface area contributed by atoms with Gasteiger partial charge >= 0.3 is 0 Å². The van der Waals surface area contributed by atoms with Gasteiger partial charge in [-0.05, 0) is 55.7 Å². The summed E-state index contributed by atoms with van der Waals surface area (Å²) in [6.45, 7) is 2.59. The minimum Gasteiger partial charge on any atom is -0.342 e. The molecule has 1 heterocycles. The molecule has 108 valence electrons. The maximum Gasteiger partial charge on any atom is 0.226 e. The smallest absolute Gasteiger partial charge is 0.226 e. The van der Waals surface area contributed by atoms with Crippen LogP contribution in [0.4, 0.5) is 0 Å². The molecule has 1 fully saturated rings. The topological polar surface area (TPSA) is 46.3 Å². The number of piperidine rings is 1. The van der Waals surface area contributed by atoms with Gasteiger partial charge in [0.25, 0.3) is 0 Å². The van der Waals surface area contributed by atoms with Crippen molar-refractivity contribution in [2.45, 2.75) is 32.1 Å². The number of carbonyl (C=O) groups is 1. The van der Waals surface area contributed by atoms with Gasteiger partial charge in [-0.3, -0.25) is 4.79 Å². The summed E-state index contributed by atoms with van der Waals surface area (Å²) in [6.07, 6.45) is 5.26. The summed E-state index contributed by atoms with van der Waals surface area (Å²) in [7, 11) is 0. The average molecular weight is 272 g/mol. The molecule has 2 N–H and O–H groups in total.